The van der Waals surface area contributed by atoms with Gasteiger partial charge in [-0.25, -0.2) is 0 Å². The van der Waals surface area contributed by atoms with Crippen LogP contribution in [0.1, 0.15) is 18.1 Å². The monoisotopic (exact) mass is 318 g/mol. The maximum Gasteiger partial charge on any atom is 0.0685 e. The second-order valence-electron chi connectivity index (χ2n) is 3.17. The summed E-state index contributed by atoms with van der Waals surface area (Å²) in [5.74, 6) is 0. The van der Waals surface area contributed by atoms with Crippen LogP contribution in [0.3, 0.4) is 0 Å². The van der Waals surface area contributed by atoms with E-state index in [2.05, 4.69) is 47.0 Å². The summed E-state index contributed by atoms with van der Waals surface area (Å²) in [5, 5.41) is 12.7. The lowest BCUT2D eigenvalue weighted by atomic mass is 10.0. The Kier molecular flexibility index (Phi) is 3.09. The van der Waals surface area contributed by atoms with Crippen molar-refractivity contribution in [3.63, 3.8) is 0 Å². The molecule has 0 aliphatic carbocycles. The Bertz CT molecular complexity index is 462. The fourth-order valence-electron chi connectivity index (χ4n) is 1.72. The van der Waals surface area contributed by atoms with Crippen molar-refractivity contribution in [1.82, 2.24) is 0 Å². The molecule has 0 spiro atoms. The van der Waals surface area contributed by atoms with Crippen LogP contribution >= 0.6 is 33.9 Å². The van der Waals surface area contributed by atoms with Gasteiger partial charge in [0.05, 0.1) is 6.61 Å². The first-order chi connectivity index (χ1) is 6.77. The molecule has 0 atom stereocenters. The molecule has 2 rings (SSSR count). The second-order valence-corrected chi connectivity index (χ2v) is 5.25. The predicted octanol–water partition coefficient (Wildman–Crippen LogP) is 3.56. The highest BCUT2D eigenvalue weighted by Gasteiger charge is 2.09. The van der Waals surface area contributed by atoms with E-state index in [1.54, 1.807) is 11.3 Å². The predicted molar refractivity (Wildman–Crippen MR) is 69.8 cm³/mol. The Morgan fingerprint density at radius 3 is 2.93 bits per heavy atom. The number of fused-ring (bicyclic) bond motifs is 1. The van der Waals surface area contributed by atoms with Gasteiger partial charge >= 0.3 is 0 Å². The van der Waals surface area contributed by atoms with Gasteiger partial charge in [-0.1, -0.05) is 6.92 Å². The van der Waals surface area contributed by atoms with Crippen LogP contribution in [0, 0.1) is 3.57 Å². The quantitative estimate of drug-likeness (QED) is 0.840. The van der Waals surface area contributed by atoms with Crippen LogP contribution in [0.5, 0.6) is 0 Å². The van der Waals surface area contributed by atoms with Crippen molar-refractivity contribution >= 4 is 44.0 Å². The molecule has 3 heteroatoms. The van der Waals surface area contributed by atoms with Crippen molar-refractivity contribution in [2.24, 2.45) is 0 Å². The Balaban J connectivity index is 2.82. The number of benzene rings is 1. The van der Waals surface area contributed by atoms with Crippen LogP contribution in [0.15, 0.2) is 17.5 Å². The number of hydrogen-bond donors (Lipinski definition) is 1. The summed E-state index contributed by atoms with van der Waals surface area (Å²) in [6.45, 7) is 2.29. The number of aryl methyl sites for hydroxylation is 1. The summed E-state index contributed by atoms with van der Waals surface area (Å²) in [7, 11) is 0. The van der Waals surface area contributed by atoms with Crippen molar-refractivity contribution < 1.29 is 5.11 Å². The molecule has 1 aromatic heterocycles. The van der Waals surface area contributed by atoms with Gasteiger partial charge < -0.3 is 5.11 Å². The topological polar surface area (TPSA) is 20.2 Å². The van der Waals surface area contributed by atoms with Crippen LogP contribution in [-0.4, -0.2) is 5.11 Å². The zero-order valence-electron chi connectivity index (χ0n) is 7.88. The number of rotatable bonds is 2. The average molecular weight is 318 g/mol. The molecule has 0 unspecified atom stereocenters. The van der Waals surface area contributed by atoms with Crippen molar-refractivity contribution in [2.75, 3.05) is 0 Å². The fraction of sp³-hybridized carbons (Fsp3) is 0.273. The molecular formula is C11H11IOS. The Morgan fingerprint density at radius 1 is 1.50 bits per heavy atom. The normalized spacial score (nSPS) is 11.1. The maximum absolute atomic E-state index is 9.27. The molecule has 14 heavy (non-hydrogen) atoms. The van der Waals surface area contributed by atoms with Gasteiger partial charge in [-0.3, -0.25) is 0 Å². The van der Waals surface area contributed by atoms with Crippen LogP contribution in [0.4, 0.5) is 0 Å². The lowest BCUT2D eigenvalue weighted by molar-refractivity contribution is 0.281. The first-order valence-electron chi connectivity index (χ1n) is 4.56. The largest absolute Gasteiger partial charge is 0.392 e. The van der Waals surface area contributed by atoms with Crippen molar-refractivity contribution in [1.29, 1.82) is 0 Å². The van der Waals surface area contributed by atoms with Gasteiger partial charge in [-0.05, 0) is 57.7 Å². The molecule has 1 N–H and O–H groups in total. The molecule has 1 nitrogen and oxygen atoms in total. The molecule has 0 amide bonds. The smallest absolute Gasteiger partial charge is 0.0685 e. The van der Waals surface area contributed by atoms with E-state index in [-0.39, 0.29) is 6.61 Å². The molecule has 0 bridgehead atoms. The third-order valence-corrected chi connectivity index (χ3v) is 4.28. The number of halogens is 1. The number of hydrogen-bond acceptors (Lipinski definition) is 2. The van der Waals surface area contributed by atoms with Gasteiger partial charge in [0.1, 0.15) is 0 Å². The van der Waals surface area contributed by atoms with Crippen LogP contribution in [0.25, 0.3) is 10.1 Å². The first kappa shape index (κ1) is 10.4. The van der Waals surface area contributed by atoms with Gasteiger partial charge in [0.2, 0.25) is 0 Å². The van der Waals surface area contributed by atoms with Crippen molar-refractivity contribution in [3.05, 3.63) is 32.2 Å². The molecule has 0 aliphatic heterocycles. The summed E-state index contributed by atoms with van der Waals surface area (Å²) in [6.07, 6.45) is 0.990. The van der Waals surface area contributed by atoms with Crippen LogP contribution < -0.4 is 0 Å². The fourth-order valence-corrected chi connectivity index (χ4v) is 3.79. The van der Waals surface area contributed by atoms with E-state index < -0.39 is 0 Å². The second kappa shape index (κ2) is 4.16. The number of aliphatic hydroxyl groups excluding tert-OH is 1. The Morgan fingerprint density at radius 2 is 2.29 bits per heavy atom. The summed E-state index contributed by atoms with van der Waals surface area (Å²) in [4.78, 5) is 0. The minimum Gasteiger partial charge on any atom is -0.392 e. The van der Waals surface area contributed by atoms with E-state index in [1.807, 2.05) is 0 Å². The lowest BCUT2D eigenvalue weighted by Crippen LogP contribution is -1.94. The SMILES string of the molecule is CCc1c(CO)cc(I)c2ccsc12. The summed E-state index contributed by atoms with van der Waals surface area (Å²) >= 11 is 4.10. The molecule has 0 fully saturated rings. The lowest BCUT2D eigenvalue weighted by Gasteiger charge is -2.08. The number of thiophene rings is 1. The minimum atomic E-state index is 0.146. The maximum atomic E-state index is 9.27. The summed E-state index contributed by atoms with van der Waals surface area (Å²) in [6, 6.07) is 4.25. The Hall–Kier alpha value is -0.130. The zero-order valence-corrected chi connectivity index (χ0v) is 10.9. The number of aliphatic hydroxyl groups is 1. The molecule has 1 heterocycles. The van der Waals surface area contributed by atoms with E-state index in [0.29, 0.717) is 0 Å². The minimum absolute atomic E-state index is 0.146. The van der Waals surface area contributed by atoms with Gasteiger partial charge in [0.25, 0.3) is 0 Å². The van der Waals surface area contributed by atoms with Crippen LogP contribution in [0.2, 0.25) is 0 Å². The molecule has 0 saturated carbocycles. The molecular weight excluding hydrogens is 307 g/mol. The zero-order chi connectivity index (χ0) is 10.1. The van der Waals surface area contributed by atoms with Gasteiger partial charge in [0.15, 0.2) is 0 Å². The summed E-state index contributed by atoms with van der Waals surface area (Å²) < 4.78 is 2.57. The highest BCUT2D eigenvalue weighted by Crippen LogP contribution is 2.32. The van der Waals surface area contributed by atoms with Crippen LogP contribution in [-0.2, 0) is 13.0 Å². The molecule has 0 saturated heterocycles. The average Bonchev–Trinajstić information content (AvgIpc) is 2.66. The summed E-state index contributed by atoms with van der Waals surface area (Å²) in [5.41, 5.74) is 2.38. The van der Waals surface area contributed by atoms with Gasteiger partial charge in [0, 0.05) is 13.7 Å². The molecule has 1 aromatic carbocycles. The van der Waals surface area contributed by atoms with E-state index >= 15 is 0 Å². The molecule has 2 aromatic rings. The highest BCUT2D eigenvalue weighted by atomic mass is 127. The van der Waals surface area contributed by atoms with E-state index in [0.717, 1.165) is 12.0 Å². The highest BCUT2D eigenvalue weighted by molar-refractivity contribution is 14.1. The Labute approximate surface area is 101 Å². The van der Waals surface area contributed by atoms with Crippen molar-refractivity contribution in [2.45, 2.75) is 20.0 Å². The van der Waals surface area contributed by atoms with Crippen molar-refractivity contribution in [3.8, 4) is 0 Å². The van der Waals surface area contributed by atoms with Gasteiger partial charge in [-0.2, -0.15) is 0 Å². The van der Waals surface area contributed by atoms with E-state index in [4.69, 9.17) is 0 Å². The van der Waals surface area contributed by atoms with E-state index in [9.17, 15) is 5.11 Å². The van der Waals surface area contributed by atoms with Gasteiger partial charge in [-0.15, -0.1) is 11.3 Å². The third kappa shape index (κ3) is 1.57. The first-order valence-corrected chi connectivity index (χ1v) is 6.52. The molecule has 74 valence electrons. The molecule has 0 aliphatic rings. The molecule has 0 radical (unpaired) electrons. The van der Waals surface area contributed by atoms with E-state index in [1.165, 1.54) is 19.2 Å². The third-order valence-electron chi connectivity index (χ3n) is 2.41. The standard InChI is InChI=1S/C11H11IOS/c1-2-8-7(6-13)5-10(12)9-3-4-14-11(8)9/h3-5,13H,2,6H2,1H3.